The van der Waals surface area contributed by atoms with E-state index in [2.05, 4.69) is 56.1 Å². The molecule has 2 aliphatic rings. The molecule has 5 aromatic rings. The van der Waals surface area contributed by atoms with Crippen molar-refractivity contribution in [3.8, 4) is 17.2 Å². The summed E-state index contributed by atoms with van der Waals surface area (Å²) in [5, 5.41) is 0. The molecule has 0 bridgehead atoms. The van der Waals surface area contributed by atoms with Crippen molar-refractivity contribution in [3.63, 3.8) is 0 Å². The van der Waals surface area contributed by atoms with Crippen LogP contribution in [0.15, 0.2) is 109 Å². The average Bonchev–Trinajstić information content (AvgIpc) is 3.37. The molecular weight excluding hydrogens is 716 g/mol. The largest absolute Gasteiger partial charge is 0.493 e. The summed E-state index contributed by atoms with van der Waals surface area (Å²) in [7, 11) is 3.25. The highest BCUT2D eigenvalue weighted by molar-refractivity contribution is 9.10. The molecule has 6 nitrogen and oxygen atoms in total. The maximum Gasteiger partial charge on any atom is 0.271 e. The Morgan fingerprint density at radius 2 is 1.69 bits per heavy atom. The van der Waals surface area contributed by atoms with E-state index in [1.807, 2.05) is 71.3 Å². The minimum atomic E-state index is -0.312. The number of halogens is 2. The number of hydrogen-bond acceptors (Lipinski definition) is 6. The summed E-state index contributed by atoms with van der Waals surface area (Å²) in [5.74, 6) is 2.00. The van der Waals surface area contributed by atoms with Gasteiger partial charge in [0.1, 0.15) is 12.4 Å². The van der Waals surface area contributed by atoms with E-state index in [-0.39, 0.29) is 11.6 Å². The molecule has 0 N–H and O–H groups in total. The third kappa shape index (κ3) is 5.69. The number of thiazole rings is 1. The van der Waals surface area contributed by atoms with Gasteiger partial charge in [-0.1, -0.05) is 75.8 Å². The van der Waals surface area contributed by atoms with Crippen LogP contribution in [0.25, 0.3) is 11.8 Å². The first-order chi connectivity index (χ1) is 21.9. The van der Waals surface area contributed by atoms with Gasteiger partial charge in [0, 0.05) is 10.0 Å². The van der Waals surface area contributed by atoms with Crippen LogP contribution in [0.4, 0.5) is 0 Å². The Kier molecular flexibility index (Phi) is 8.25. The second-order valence-corrected chi connectivity index (χ2v) is 13.6. The highest BCUT2D eigenvalue weighted by atomic mass is 79.9. The molecule has 1 atom stereocenters. The zero-order valence-corrected chi connectivity index (χ0v) is 28.5. The number of nitrogens with zero attached hydrogens (tertiary/aromatic N) is 2. The fraction of sp³-hybridized carbons (Fsp3) is 0.167. The van der Waals surface area contributed by atoms with Crippen molar-refractivity contribution in [2.75, 3.05) is 14.2 Å². The highest BCUT2D eigenvalue weighted by Crippen LogP contribution is 2.42. The van der Waals surface area contributed by atoms with E-state index in [4.69, 9.17) is 19.2 Å². The molecule has 4 aromatic carbocycles. The molecule has 0 saturated heterocycles. The molecule has 7 rings (SSSR count). The van der Waals surface area contributed by atoms with Crippen LogP contribution in [0, 0.1) is 0 Å². The second-order valence-electron chi connectivity index (χ2n) is 10.8. The lowest BCUT2D eigenvalue weighted by Gasteiger charge is -2.31. The number of benzene rings is 4. The number of hydrogen-bond donors (Lipinski definition) is 0. The topological polar surface area (TPSA) is 62.0 Å². The van der Waals surface area contributed by atoms with Gasteiger partial charge in [0.2, 0.25) is 0 Å². The zero-order chi connectivity index (χ0) is 31.1. The summed E-state index contributed by atoms with van der Waals surface area (Å²) >= 11 is 8.54. The fourth-order valence-corrected chi connectivity index (χ4v) is 7.74. The minimum absolute atomic E-state index is 0.0735. The van der Waals surface area contributed by atoms with Crippen molar-refractivity contribution >= 4 is 55.0 Å². The van der Waals surface area contributed by atoms with Crippen LogP contribution in [0.5, 0.6) is 17.2 Å². The third-order valence-electron chi connectivity index (χ3n) is 8.16. The van der Waals surface area contributed by atoms with Crippen LogP contribution in [0.3, 0.4) is 0 Å². The van der Waals surface area contributed by atoms with E-state index < -0.39 is 0 Å². The smallest absolute Gasteiger partial charge is 0.271 e. The Morgan fingerprint density at radius 3 is 2.47 bits per heavy atom. The number of rotatable bonds is 7. The molecule has 1 aromatic heterocycles. The van der Waals surface area contributed by atoms with Gasteiger partial charge in [-0.25, -0.2) is 4.99 Å². The first-order valence-corrected chi connectivity index (χ1v) is 16.9. The molecule has 0 fully saturated rings. The number of fused-ring (bicyclic) bond motifs is 3. The molecule has 226 valence electrons. The van der Waals surface area contributed by atoms with Gasteiger partial charge in [0.25, 0.3) is 5.56 Å². The van der Waals surface area contributed by atoms with Crippen LogP contribution in [-0.4, -0.2) is 18.8 Å². The predicted molar refractivity (Wildman–Crippen MR) is 185 cm³/mol. The summed E-state index contributed by atoms with van der Waals surface area (Å²) in [6.45, 7) is 0.452. The molecular formula is C36H28Br2N2O4S. The van der Waals surface area contributed by atoms with Gasteiger partial charge in [-0.2, -0.15) is 0 Å². The monoisotopic (exact) mass is 742 g/mol. The quantitative estimate of drug-likeness (QED) is 0.174. The van der Waals surface area contributed by atoms with Gasteiger partial charge in [-0.15, -0.1) is 0 Å². The number of ether oxygens (including phenoxy) is 3. The molecule has 0 spiro atoms. The number of allylic oxidation sites excluding steroid dienone is 1. The van der Waals surface area contributed by atoms with Crippen LogP contribution in [0.1, 0.15) is 40.3 Å². The summed E-state index contributed by atoms with van der Waals surface area (Å²) in [6, 6.07) is 27.9. The van der Waals surface area contributed by atoms with E-state index in [0.717, 1.165) is 61.1 Å². The maximum atomic E-state index is 14.2. The van der Waals surface area contributed by atoms with Crippen LogP contribution < -0.4 is 29.1 Å². The van der Waals surface area contributed by atoms with Crippen LogP contribution in [0.2, 0.25) is 0 Å². The van der Waals surface area contributed by atoms with Crippen molar-refractivity contribution in [3.05, 3.63) is 147 Å². The summed E-state index contributed by atoms with van der Waals surface area (Å²) < 4.78 is 21.5. The Balaban J connectivity index is 1.31. The van der Waals surface area contributed by atoms with E-state index in [9.17, 15) is 4.79 Å². The molecule has 1 aliphatic heterocycles. The van der Waals surface area contributed by atoms with Crippen molar-refractivity contribution in [1.29, 1.82) is 0 Å². The first-order valence-electron chi connectivity index (χ1n) is 14.5. The lowest BCUT2D eigenvalue weighted by molar-refractivity contribution is 0.304. The summed E-state index contributed by atoms with van der Waals surface area (Å²) in [5.41, 5.74) is 7.34. The van der Waals surface area contributed by atoms with Crippen LogP contribution >= 0.6 is 43.2 Å². The highest BCUT2D eigenvalue weighted by Gasteiger charge is 2.33. The standard InChI is InChI=1S/C36H28Br2N2O4S/c1-42-30-16-11-24(19-31(30)43-2)34-27-14-10-23-5-3-4-6-26(23)33(27)39-36-40(34)35(41)32(45-36)18-22-9-15-29(28(38)17-22)44-20-21-7-12-25(37)13-8-21/h3-9,11-13,15-19,34H,10,14,20H2,1-2H3/b32-18+/t34-/m0/s1. The van der Waals surface area contributed by atoms with Gasteiger partial charge in [0.15, 0.2) is 16.3 Å². The number of aromatic nitrogens is 1. The molecule has 0 radical (unpaired) electrons. The van der Waals surface area contributed by atoms with E-state index in [0.29, 0.717) is 27.4 Å². The van der Waals surface area contributed by atoms with E-state index in [1.165, 1.54) is 16.9 Å². The van der Waals surface area contributed by atoms with Gasteiger partial charge in [-0.3, -0.25) is 9.36 Å². The van der Waals surface area contributed by atoms with E-state index >= 15 is 0 Å². The lowest BCUT2D eigenvalue weighted by atomic mass is 9.83. The maximum absolute atomic E-state index is 14.2. The molecule has 45 heavy (non-hydrogen) atoms. The molecule has 0 amide bonds. The second kappa shape index (κ2) is 12.5. The molecule has 9 heteroatoms. The molecule has 0 unspecified atom stereocenters. The van der Waals surface area contributed by atoms with Crippen LogP contribution in [-0.2, 0) is 13.0 Å². The third-order valence-corrected chi connectivity index (χ3v) is 10.3. The van der Waals surface area contributed by atoms with Gasteiger partial charge >= 0.3 is 0 Å². The summed E-state index contributed by atoms with van der Waals surface area (Å²) in [4.78, 5) is 20.0. The van der Waals surface area contributed by atoms with Gasteiger partial charge in [0.05, 0.1) is 35.0 Å². The normalized spacial score (nSPS) is 15.6. The first kappa shape index (κ1) is 29.8. The minimum Gasteiger partial charge on any atom is -0.493 e. The molecule has 1 aliphatic carbocycles. The Hall–Kier alpha value is -3.92. The SMILES string of the molecule is COc1ccc([C@H]2C3=C(N=c4s/c(=C/c5ccc(OCc6ccc(Br)cc6)c(Br)c5)c(=O)n42)c2ccccc2CC3)cc1OC. The van der Waals surface area contributed by atoms with Crippen molar-refractivity contribution < 1.29 is 14.2 Å². The Bertz CT molecular complexity index is 2150. The average molecular weight is 745 g/mol. The number of methoxy groups -OCH3 is 2. The predicted octanol–water partition coefficient (Wildman–Crippen LogP) is 7.44. The number of aryl methyl sites for hydroxylation is 1. The van der Waals surface area contributed by atoms with Gasteiger partial charge in [-0.05, 0) is 99.1 Å². The summed E-state index contributed by atoms with van der Waals surface area (Å²) in [6.07, 6.45) is 3.63. The zero-order valence-electron chi connectivity index (χ0n) is 24.6. The lowest BCUT2D eigenvalue weighted by Crippen LogP contribution is -2.38. The Labute approximate surface area is 281 Å². The fourth-order valence-electron chi connectivity index (χ4n) is 5.96. The van der Waals surface area contributed by atoms with Crippen molar-refractivity contribution in [2.45, 2.75) is 25.5 Å². The van der Waals surface area contributed by atoms with Crippen molar-refractivity contribution in [1.82, 2.24) is 4.57 Å². The van der Waals surface area contributed by atoms with E-state index in [1.54, 1.807) is 14.2 Å². The Morgan fingerprint density at radius 1 is 0.911 bits per heavy atom. The molecule has 0 saturated carbocycles. The van der Waals surface area contributed by atoms with Crippen molar-refractivity contribution in [2.24, 2.45) is 4.99 Å². The molecule has 2 heterocycles. The van der Waals surface area contributed by atoms with Gasteiger partial charge < -0.3 is 14.2 Å².